The Morgan fingerprint density at radius 3 is 2.25 bits per heavy atom. The summed E-state index contributed by atoms with van der Waals surface area (Å²) in [6.45, 7) is -0.506. The van der Waals surface area contributed by atoms with Crippen molar-refractivity contribution in [3.63, 3.8) is 0 Å². The van der Waals surface area contributed by atoms with Gasteiger partial charge in [0, 0.05) is 0 Å². The second-order valence-corrected chi connectivity index (χ2v) is 3.59. The maximum atomic E-state index is 9.25. The van der Waals surface area contributed by atoms with E-state index < -0.39 is 36.0 Å². The number of rotatable bonds is 2. The first-order valence-corrected chi connectivity index (χ1v) is 4.44. The van der Waals surface area contributed by atoms with Gasteiger partial charge in [-0.3, -0.25) is 0 Å². The second kappa shape index (κ2) is 3.99. The second-order valence-electron chi connectivity index (χ2n) is 2.68. The first-order valence-electron chi connectivity index (χ1n) is 3.52. The van der Waals surface area contributed by atoms with Gasteiger partial charge >= 0.3 is 0 Å². The van der Waals surface area contributed by atoms with Crippen LogP contribution in [0.3, 0.4) is 0 Å². The molecule has 1 unspecified atom stereocenters. The predicted molar refractivity (Wildman–Crippen MR) is 42.7 cm³/mol. The molecule has 1 aliphatic rings. The Hall–Kier alpha value is 0.280. The van der Waals surface area contributed by atoms with Gasteiger partial charge in [0.2, 0.25) is 0 Å². The molecule has 1 fully saturated rings. The van der Waals surface area contributed by atoms with Crippen LogP contribution < -0.4 is 0 Å². The normalized spacial score (nSPS) is 44.8. The van der Waals surface area contributed by atoms with E-state index >= 15 is 0 Å². The summed E-state index contributed by atoms with van der Waals surface area (Å²) in [5.74, 6) is 0. The molecule has 0 aromatic heterocycles. The molecule has 5 atom stereocenters. The van der Waals surface area contributed by atoms with Gasteiger partial charge in [-0.1, -0.05) is 15.9 Å². The van der Waals surface area contributed by atoms with Crippen molar-refractivity contribution in [1.82, 2.24) is 0 Å². The summed E-state index contributed by atoms with van der Waals surface area (Å²) < 4.78 is 4.95. The van der Waals surface area contributed by atoms with E-state index in [9.17, 15) is 5.11 Å². The number of ether oxygens (including phenoxy) is 1. The molecule has 6 heteroatoms. The summed E-state index contributed by atoms with van der Waals surface area (Å²) in [7, 11) is 0. The lowest BCUT2D eigenvalue weighted by Crippen LogP contribution is -2.40. The van der Waals surface area contributed by atoms with E-state index in [0.29, 0.717) is 0 Å². The van der Waals surface area contributed by atoms with Gasteiger partial charge in [0.25, 0.3) is 0 Å². The van der Waals surface area contributed by atoms with Gasteiger partial charge in [-0.15, -0.1) is 0 Å². The Morgan fingerprint density at radius 1 is 1.33 bits per heavy atom. The average Bonchev–Trinajstić information content (AvgIpc) is 2.32. The number of aliphatic hydroxyl groups excluding tert-OH is 4. The molecule has 1 heterocycles. The van der Waals surface area contributed by atoms with Crippen LogP contribution in [0.5, 0.6) is 0 Å². The van der Waals surface area contributed by atoms with Crippen molar-refractivity contribution in [2.75, 3.05) is 6.61 Å². The number of halogens is 1. The zero-order chi connectivity index (χ0) is 9.30. The van der Waals surface area contributed by atoms with Gasteiger partial charge in [-0.2, -0.15) is 0 Å². The number of alkyl halides is 1. The summed E-state index contributed by atoms with van der Waals surface area (Å²) in [6, 6.07) is 0. The molecule has 0 aromatic carbocycles. The molecule has 4 N–H and O–H groups in total. The molecule has 5 nitrogen and oxygen atoms in total. The maximum absolute atomic E-state index is 9.25. The van der Waals surface area contributed by atoms with Crippen molar-refractivity contribution in [3.05, 3.63) is 0 Å². The Morgan fingerprint density at radius 2 is 1.92 bits per heavy atom. The molecule has 0 radical (unpaired) electrons. The minimum Gasteiger partial charge on any atom is -0.394 e. The van der Waals surface area contributed by atoms with Crippen molar-refractivity contribution in [3.8, 4) is 0 Å². The molecule has 0 aromatic rings. The van der Waals surface area contributed by atoms with Gasteiger partial charge in [0.15, 0.2) is 0 Å². The lowest BCUT2D eigenvalue weighted by molar-refractivity contribution is -0.0707. The Kier molecular flexibility index (Phi) is 3.45. The highest BCUT2D eigenvalue weighted by molar-refractivity contribution is 9.09. The quantitative estimate of drug-likeness (QED) is 0.429. The van der Waals surface area contributed by atoms with Crippen molar-refractivity contribution in [2.45, 2.75) is 29.4 Å². The standard InChI is InChI=1S/C6H11BrO5/c7-6-4(11)3(10)5(12-6)2(9)1-8/h2-6,8-11H,1H2/t2-,3-,4+,5-,6?/m1/s1. The number of hydrogen-bond acceptors (Lipinski definition) is 5. The van der Waals surface area contributed by atoms with Crippen LogP contribution in [0.1, 0.15) is 0 Å². The van der Waals surface area contributed by atoms with Gasteiger partial charge in [-0.05, 0) is 0 Å². The molecule has 0 spiro atoms. The minimum absolute atomic E-state index is 0.506. The van der Waals surface area contributed by atoms with E-state index in [4.69, 9.17) is 20.1 Å². The molecule has 72 valence electrons. The average molecular weight is 243 g/mol. The van der Waals surface area contributed by atoms with Gasteiger partial charge in [0.05, 0.1) is 6.61 Å². The van der Waals surface area contributed by atoms with Crippen LogP contribution >= 0.6 is 15.9 Å². The summed E-state index contributed by atoms with van der Waals surface area (Å²) in [6.07, 6.45) is -4.35. The number of hydrogen-bond donors (Lipinski definition) is 4. The highest BCUT2D eigenvalue weighted by Gasteiger charge is 2.44. The highest BCUT2D eigenvalue weighted by atomic mass is 79.9. The Bertz CT molecular complexity index is 155. The van der Waals surface area contributed by atoms with Gasteiger partial charge in [0.1, 0.15) is 29.4 Å². The smallest absolute Gasteiger partial charge is 0.141 e. The fraction of sp³-hybridized carbons (Fsp3) is 1.00. The number of aliphatic hydroxyl groups is 4. The van der Waals surface area contributed by atoms with Crippen molar-refractivity contribution in [2.24, 2.45) is 0 Å². The van der Waals surface area contributed by atoms with Crippen LogP contribution in [0.15, 0.2) is 0 Å². The summed E-state index contributed by atoms with van der Waals surface area (Å²) in [4.78, 5) is 0. The van der Waals surface area contributed by atoms with E-state index in [1.807, 2.05) is 0 Å². The molecule has 0 aliphatic carbocycles. The largest absolute Gasteiger partial charge is 0.394 e. The monoisotopic (exact) mass is 242 g/mol. The van der Waals surface area contributed by atoms with E-state index in [1.165, 1.54) is 0 Å². The van der Waals surface area contributed by atoms with Crippen molar-refractivity contribution >= 4 is 15.9 Å². The minimum atomic E-state index is -1.17. The molecule has 0 saturated carbocycles. The van der Waals surface area contributed by atoms with E-state index in [-0.39, 0.29) is 0 Å². The van der Waals surface area contributed by atoms with Crippen LogP contribution in [-0.4, -0.2) is 56.5 Å². The summed E-state index contributed by atoms with van der Waals surface area (Å²) >= 11 is 2.96. The topological polar surface area (TPSA) is 90.2 Å². The fourth-order valence-electron chi connectivity index (χ4n) is 1.08. The zero-order valence-corrected chi connectivity index (χ0v) is 7.75. The van der Waals surface area contributed by atoms with Crippen LogP contribution in [0.4, 0.5) is 0 Å². The first-order chi connectivity index (χ1) is 5.57. The molecular weight excluding hydrogens is 232 g/mol. The third-order valence-corrected chi connectivity index (χ3v) is 2.57. The maximum Gasteiger partial charge on any atom is 0.141 e. The van der Waals surface area contributed by atoms with Crippen LogP contribution in [0.2, 0.25) is 0 Å². The third kappa shape index (κ3) is 1.78. The first kappa shape index (κ1) is 10.4. The molecule has 1 rings (SSSR count). The van der Waals surface area contributed by atoms with E-state index in [0.717, 1.165) is 0 Å². The van der Waals surface area contributed by atoms with E-state index in [2.05, 4.69) is 15.9 Å². The fourth-order valence-corrected chi connectivity index (χ4v) is 1.64. The van der Waals surface area contributed by atoms with Crippen LogP contribution in [0, 0.1) is 0 Å². The lowest BCUT2D eigenvalue weighted by Gasteiger charge is -2.18. The van der Waals surface area contributed by atoms with E-state index in [1.54, 1.807) is 0 Å². The molecular formula is C6H11BrO5. The Balaban J connectivity index is 2.58. The van der Waals surface area contributed by atoms with Crippen molar-refractivity contribution in [1.29, 1.82) is 0 Å². The third-order valence-electron chi connectivity index (χ3n) is 1.81. The van der Waals surface area contributed by atoms with Gasteiger partial charge < -0.3 is 25.2 Å². The van der Waals surface area contributed by atoms with Gasteiger partial charge in [-0.25, -0.2) is 0 Å². The molecule has 0 amide bonds. The van der Waals surface area contributed by atoms with Crippen LogP contribution in [0.25, 0.3) is 0 Å². The summed E-state index contributed by atoms with van der Waals surface area (Å²) in [5, 5.41) is 35.4. The molecule has 1 aliphatic heterocycles. The SMILES string of the molecule is OC[C@@H](O)[C@H]1OC(Br)[C@@H](O)[C@H]1O. The summed E-state index contributed by atoms with van der Waals surface area (Å²) in [5.41, 5.74) is 0. The highest BCUT2D eigenvalue weighted by Crippen LogP contribution is 2.26. The predicted octanol–water partition coefficient (Wildman–Crippen LogP) is -1.82. The Labute approximate surface area is 77.7 Å². The zero-order valence-electron chi connectivity index (χ0n) is 6.17. The molecule has 1 saturated heterocycles. The molecule has 0 bridgehead atoms. The molecule has 12 heavy (non-hydrogen) atoms. The van der Waals surface area contributed by atoms with Crippen molar-refractivity contribution < 1.29 is 25.2 Å². The van der Waals surface area contributed by atoms with Crippen LogP contribution in [-0.2, 0) is 4.74 Å². The lowest BCUT2D eigenvalue weighted by atomic mass is 10.1.